The second-order valence-electron chi connectivity index (χ2n) is 6.46. The molecule has 0 saturated carbocycles. The molecule has 2 aromatic heterocycles. The molecule has 0 aliphatic carbocycles. The van der Waals surface area contributed by atoms with Gasteiger partial charge in [-0.25, -0.2) is 9.37 Å². The van der Waals surface area contributed by atoms with Gasteiger partial charge >= 0.3 is 0 Å². The molecule has 1 aromatic carbocycles. The molecule has 1 saturated heterocycles. The van der Waals surface area contributed by atoms with Crippen molar-refractivity contribution >= 4 is 16.9 Å². The number of benzene rings is 1. The first-order valence-electron chi connectivity index (χ1n) is 8.52. The van der Waals surface area contributed by atoms with Gasteiger partial charge in [0.15, 0.2) is 5.65 Å². The summed E-state index contributed by atoms with van der Waals surface area (Å²) in [6, 6.07) is 10.4. The number of likely N-dealkylation sites (tertiary alicyclic amines) is 1. The molecule has 3 heterocycles. The molecule has 3 aromatic rings. The van der Waals surface area contributed by atoms with Crippen LogP contribution in [0, 0.1) is 5.82 Å². The maximum Gasteiger partial charge on any atom is 0.227 e. The molecular formula is C19H19FN4O. The lowest BCUT2D eigenvalue weighted by atomic mass is 9.93. The smallest absolute Gasteiger partial charge is 0.227 e. The lowest BCUT2D eigenvalue weighted by molar-refractivity contribution is -0.131. The van der Waals surface area contributed by atoms with Gasteiger partial charge in [0.05, 0.1) is 6.42 Å². The van der Waals surface area contributed by atoms with E-state index in [0.29, 0.717) is 24.3 Å². The Morgan fingerprint density at radius 1 is 1.28 bits per heavy atom. The molecule has 128 valence electrons. The maximum atomic E-state index is 13.8. The Balaban J connectivity index is 1.51. The number of nitrogens with one attached hydrogen (secondary N) is 1. The van der Waals surface area contributed by atoms with Crippen LogP contribution in [0.4, 0.5) is 4.39 Å². The number of carbonyl (C=O) groups excluding carboxylic acids is 1. The molecule has 1 amide bonds. The number of carbonyl (C=O) groups is 1. The van der Waals surface area contributed by atoms with Crippen LogP contribution >= 0.6 is 0 Å². The minimum Gasteiger partial charge on any atom is -0.342 e. The number of aromatic nitrogens is 3. The number of aromatic amines is 1. The zero-order valence-corrected chi connectivity index (χ0v) is 13.8. The summed E-state index contributed by atoms with van der Waals surface area (Å²) in [6.45, 7) is 1.34. The monoisotopic (exact) mass is 338 g/mol. The summed E-state index contributed by atoms with van der Waals surface area (Å²) in [4.78, 5) is 18.7. The van der Waals surface area contributed by atoms with E-state index >= 15 is 0 Å². The predicted octanol–water partition coefficient (Wildman–Crippen LogP) is 3.05. The number of fused-ring (bicyclic) bond motifs is 1. The summed E-state index contributed by atoms with van der Waals surface area (Å²) in [6.07, 6.45) is 3.74. The van der Waals surface area contributed by atoms with Gasteiger partial charge in [-0.15, -0.1) is 0 Å². The largest absolute Gasteiger partial charge is 0.342 e. The van der Waals surface area contributed by atoms with Crippen molar-refractivity contribution in [2.45, 2.75) is 25.2 Å². The molecule has 1 atom stereocenters. The number of piperidine rings is 1. The van der Waals surface area contributed by atoms with Gasteiger partial charge in [0, 0.05) is 36.3 Å². The third-order valence-electron chi connectivity index (χ3n) is 4.84. The predicted molar refractivity (Wildman–Crippen MR) is 92.5 cm³/mol. The lowest BCUT2D eigenvalue weighted by Crippen LogP contribution is -2.40. The fourth-order valence-electron chi connectivity index (χ4n) is 3.54. The Morgan fingerprint density at radius 2 is 2.16 bits per heavy atom. The number of nitrogens with zero attached hydrogens (tertiary/aromatic N) is 3. The summed E-state index contributed by atoms with van der Waals surface area (Å²) in [5.74, 6) is -0.153. The first-order valence-corrected chi connectivity index (χ1v) is 8.52. The highest BCUT2D eigenvalue weighted by Gasteiger charge is 2.27. The average molecular weight is 338 g/mol. The van der Waals surface area contributed by atoms with Crippen molar-refractivity contribution in [2.75, 3.05) is 13.1 Å². The van der Waals surface area contributed by atoms with E-state index in [9.17, 15) is 9.18 Å². The SMILES string of the molecule is O=C(Cc1ccccc1F)N1CCCC(c2[nH]nc3ncccc23)C1. The molecule has 0 bridgehead atoms. The van der Waals surface area contributed by atoms with E-state index in [1.807, 2.05) is 17.0 Å². The standard InChI is InChI=1S/C19H19FN4O/c20-16-8-2-1-5-13(16)11-17(25)24-10-4-6-14(12-24)18-15-7-3-9-21-19(15)23-22-18/h1-3,5,7-9,14H,4,6,10-12H2,(H,21,22,23). The van der Waals surface area contributed by atoms with E-state index < -0.39 is 0 Å². The van der Waals surface area contributed by atoms with E-state index in [4.69, 9.17) is 0 Å². The molecule has 4 rings (SSSR count). The maximum absolute atomic E-state index is 13.8. The van der Waals surface area contributed by atoms with Gasteiger partial charge in [-0.3, -0.25) is 9.89 Å². The second-order valence-corrected chi connectivity index (χ2v) is 6.46. The number of halogens is 1. The van der Waals surface area contributed by atoms with Crippen LogP contribution < -0.4 is 0 Å². The van der Waals surface area contributed by atoms with Gasteiger partial charge in [0.25, 0.3) is 0 Å². The van der Waals surface area contributed by atoms with Crippen LogP contribution in [0.1, 0.15) is 30.0 Å². The fourth-order valence-corrected chi connectivity index (χ4v) is 3.54. The summed E-state index contributed by atoms with van der Waals surface area (Å²) in [5, 5.41) is 8.36. The van der Waals surface area contributed by atoms with E-state index in [-0.39, 0.29) is 24.1 Å². The highest BCUT2D eigenvalue weighted by Crippen LogP contribution is 2.30. The normalized spacial score (nSPS) is 17.8. The zero-order valence-electron chi connectivity index (χ0n) is 13.8. The van der Waals surface area contributed by atoms with Crippen molar-refractivity contribution in [3.8, 4) is 0 Å². The Kier molecular flexibility index (Phi) is 4.17. The third-order valence-corrected chi connectivity index (χ3v) is 4.84. The number of H-pyrrole nitrogens is 1. The number of pyridine rings is 1. The highest BCUT2D eigenvalue weighted by atomic mass is 19.1. The molecule has 1 aliphatic heterocycles. The molecule has 0 radical (unpaired) electrons. The molecule has 1 aliphatic rings. The molecule has 25 heavy (non-hydrogen) atoms. The summed E-state index contributed by atoms with van der Waals surface area (Å²) in [7, 11) is 0. The summed E-state index contributed by atoms with van der Waals surface area (Å²) in [5.41, 5.74) is 2.18. The van der Waals surface area contributed by atoms with Crippen molar-refractivity contribution in [3.05, 3.63) is 59.7 Å². The second kappa shape index (κ2) is 6.63. The molecule has 1 fully saturated rings. The van der Waals surface area contributed by atoms with Crippen molar-refractivity contribution in [3.63, 3.8) is 0 Å². The Hall–Kier alpha value is -2.76. The minimum atomic E-state index is -0.324. The van der Waals surface area contributed by atoms with E-state index in [2.05, 4.69) is 15.2 Å². The van der Waals surface area contributed by atoms with Crippen molar-refractivity contribution in [1.82, 2.24) is 20.1 Å². The molecule has 0 spiro atoms. The van der Waals surface area contributed by atoms with Gasteiger partial charge in [-0.1, -0.05) is 18.2 Å². The van der Waals surface area contributed by atoms with Crippen LogP contribution in [0.3, 0.4) is 0 Å². The van der Waals surface area contributed by atoms with Crippen molar-refractivity contribution in [2.24, 2.45) is 0 Å². The summed E-state index contributed by atoms with van der Waals surface area (Å²) < 4.78 is 13.8. The van der Waals surface area contributed by atoms with Crippen molar-refractivity contribution in [1.29, 1.82) is 0 Å². The van der Waals surface area contributed by atoms with E-state index in [1.165, 1.54) is 6.07 Å². The van der Waals surface area contributed by atoms with Crippen molar-refractivity contribution < 1.29 is 9.18 Å². The Bertz CT molecular complexity index is 907. The van der Waals surface area contributed by atoms with Gasteiger partial charge < -0.3 is 4.90 Å². The molecular weight excluding hydrogens is 319 g/mol. The number of rotatable bonds is 3. The number of hydrogen-bond acceptors (Lipinski definition) is 3. The van der Waals surface area contributed by atoms with Crippen LogP contribution in [0.2, 0.25) is 0 Å². The fraction of sp³-hybridized carbons (Fsp3) is 0.316. The van der Waals surface area contributed by atoms with Crippen LogP contribution in [0.25, 0.3) is 11.0 Å². The van der Waals surface area contributed by atoms with Gasteiger partial charge in [0.1, 0.15) is 5.82 Å². The molecule has 6 heteroatoms. The molecule has 1 N–H and O–H groups in total. The highest BCUT2D eigenvalue weighted by molar-refractivity contribution is 5.80. The van der Waals surface area contributed by atoms with Crippen LogP contribution in [0.15, 0.2) is 42.6 Å². The first-order chi connectivity index (χ1) is 12.2. The van der Waals surface area contributed by atoms with Crippen LogP contribution in [-0.2, 0) is 11.2 Å². The van der Waals surface area contributed by atoms with Crippen LogP contribution in [-0.4, -0.2) is 39.1 Å². The van der Waals surface area contributed by atoms with Gasteiger partial charge in [-0.05, 0) is 36.6 Å². The summed E-state index contributed by atoms with van der Waals surface area (Å²) >= 11 is 0. The third kappa shape index (κ3) is 3.12. The van der Waals surface area contributed by atoms with Gasteiger partial charge in [-0.2, -0.15) is 5.10 Å². The lowest BCUT2D eigenvalue weighted by Gasteiger charge is -2.32. The van der Waals surface area contributed by atoms with Crippen LogP contribution in [0.5, 0.6) is 0 Å². The number of amides is 1. The van der Waals surface area contributed by atoms with Gasteiger partial charge in [0.2, 0.25) is 5.91 Å². The number of hydrogen-bond donors (Lipinski definition) is 1. The van der Waals surface area contributed by atoms with E-state index in [1.54, 1.807) is 24.4 Å². The molecule has 5 nitrogen and oxygen atoms in total. The zero-order chi connectivity index (χ0) is 17.2. The molecule has 1 unspecified atom stereocenters. The van der Waals surface area contributed by atoms with E-state index in [0.717, 1.165) is 23.9 Å². The first kappa shape index (κ1) is 15.7. The Morgan fingerprint density at radius 3 is 3.04 bits per heavy atom. The average Bonchev–Trinajstić information content (AvgIpc) is 3.08. The minimum absolute atomic E-state index is 0.0308. The Labute approximate surface area is 144 Å². The topological polar surface area (TPSA) is 61.9 Å². The quantitative estimate of drug-likeness (QED) is 0.798.